The highest BCUT2D eigenvalue weighted by atomic mass is 16.5. The van der Waals surface area contributed by atoms with Crippen LogP contribution >= 0.6 is 0 Å². The Morgan fingerprint density at radius 2 is 1.74 bits per heavy atom. The molecule has 1 N–H and O–H groups in total. The van der Waals surface area contributed by atoms with Gasteiger partial charge in [0.25, 0.3) is 0 Å². The summed E-state index contributed by atoms with van der Waals surface area (Å²) in [7, 11) is 1.63. The van der Waals surface area contributed by atoms with Crippen LogP contribution in [0.25, 0.3) is 5.82 Å². The van der Waals surface area contributed by atoms with Gasteiger partial charge in [0.05, 0.1) is 19.2 Å². The zero-order valence-electron chi connectivity index (χ0n) is 19.9. The van der Waals surface area contributed by atoms with Crippen LogP contribution in [0.4, 0.5) is 5.69 Å². The lowest BCUT2D eigenvalue weighted by Crippen LogP contribution is -2.14. The quantitative estimate of drug-likeness (QED) is 0.425. The molecule has 2 heterocycles. The van der Waals surface area contributed by atoms with E-state index in [9.17, 15) is 4.79 Å². The topological polar surface area (TPSA) is 91.2 Å². The number of hydrogen-bond acceptors (Lipinski definition) is 6. The number of carbonyl (C=O) groups excluding carboxylic acids is 1. The van der Waals surface area contributed by atoms with Gasteiger partial charge in [0.1, 0.15) is 11.5 Å². The maximum Gasteiger partial charge on any atom is 0.238 e. The average molecular weight is 458 g/mol. The number of rotatable bonds is 7. The van der Waals surface area contributed by atoms with Crippen LogP contribution in [-0.4, -0.2) is 33.0 Å². The number of benzene rings is 2. The molecule has 0 fully saturated rings. The Morgan fingerprint density at radius 3 is 2.32 bits per heavy atom. The van der Waals surface area contributed by atoms with Gasteiger partial charge in [-0.2, -0.15) is 5.10 Å². The molecule has 0 bridgehead atoms. The highest BCUT2D eigenvalue weighted by Gasteiger charge is 2.11. The molecule has 2 aromatic heterocycles. The third-order valence-electron chi connectivity index (χ3n) is 5.68. The summed E-state index contributed by atoms with van der Waals surface area (Å²) in [6, 6.07) is 16.4. The summed E-state index contributed by atoms with van der Waals surface area (Å²) in [5, 5.41) is 15.8. The molecule has 0 atom stereocenters. The lowest BCUT2D eigenvalue weighted by Gasteiger charge is -2.09. The maximum absolute atomic E-state index is 12.4. The van der Waals surface area contributed by atoms with E-state index in [-0.39, 0.29) is 12.3 Å². The summed E-state index contributed by atoms with van der Waals surface area (Å²) >= 11 is 0. The molecule has 174 valence electrons. The molecule has 4 rings (SSSR count). The Labute approximate surface area is 198 Å². The van der Waals surface area contributed by atoms with E-state index in [2.05, 4.69) is 20.6 Å². The van der Waals surface area contributed by atoms with Crippen LogP contribution in [0.15, 0.2) is 54.6 Å². The molecule has 0 spiro atoms. The van der Waals surface area contributed by atoms with Crippen molar-refractivity contribution < 1.29 is 14.3 Å². The molecule has 0 radical (unpaired) electrons. The lowest BCUT2D eigenvalue weighted by atomic mass is 10.1. The van der Waals surface area contributed by atoms with Gasteiger partial charge in [0.15, 0.2) is 5.82 Å². The third kappa shape index (κ3) is 5.06. The van der Waals surface area contributed by atoms with Crippen LogP contribution in [0, 0.1) is 27.7 Å². The van der Waals surface area contributed by atoms with Gasteiger partial charge in [-0.1, -0.05) is 12.1 Å². The van der Waals surface area contributed by atoms with Gasteiger partial charge in [-0.05, 0) is 80.8 Å². The smallest absolute Gasteiger partial charge is 0.238 e. The minimum Gasteiger partial charge on any atom is -0.496 e. The van der Waals surface area contributed by atoms with Gasteiger partial charge >= 0.3 is 0 Å². The van der Waals surface area contributed by atoms with E-state index in [1.54, 1.807) is 42.1 Å². The van der Waals surface area contributed by atoms with Gasteiger partial charge in [0, 0.05) is 17.4 Å². The second kappa shape index (κ2) is 9.74. The van der Waals surface area contributed by atoms with Gasteiger partial charge in [-0.15, -0.1) is 10.2 Å². The second-order valence-electron chi connectivity index (χ2n) is 8.09. The van der Waals surface area contributed by atoms with Crippen molar-refractivity contribution in [3.8, 4) is 23.2 Å². The van der Waals surface area contributed by atoms with Crippen LogP contribution in [0.5, 0.6) is 17.4 Å². The number of amides is 1. The number of methoxy groups -OCH3 is 1. The molecule has 8 heteroatoms. The average Bonchev–Trinajstić information content (AvgIpc) is 3.08. The molecule has 4 aromatic rings. The number of anilines is 1. The van der Waals surface area contributed by atoms with Crippen LogP contribution in [0.1, 0.15) is 28.1 Å². The monoisotopic (exact) mass is 457 g/mol. The molecule has 0 aliphatic carbocycles. The molecular formula is C26H27N5O3. The number of hydrogen-bond donors (Lipinski definition) is 1. The van der Waals surface area contributed by atoms with E-state index in [1.165, 1.54) is 0 Å². The minimum atomic E-state index is -0.0981. The summed E-state index contributed by atoms with van der Waals surface area (Å²) < 4.78 is 12.8. The molecule has 0 saturated heterocycles. The fraction of sp³-hybridized carbons (Fsp3) is 0.231. The first kappa shape index (κ1) is 23.0. The first-order valence-electron chi connectivity index (χ1n) is 10.9. The number of ether oxygens (including phenoxy) is 2. The summed E-state index contributed by atoms with van der Waals surface area (Å²) in [6.45, 7) is 7.96. The summed E-state index contributed by atoms with van der Waals surface area (Å²) in [6.07, 6.45) is 0.278. The van der Waals surface area contributed by atoms with Gasteiger partial charge in [-0.25, -0.2) is 4.68 Å². The van der Waals surface area contributed by atoms with Gasteiger partial charge in [-0.3, -0.25) is 4.79 Å². The Kier molecular flexibility index (Phi) is 6.58. The molecule has 8 nitrogen and oxygen atoms in total. The van der Waals surface area contributed by atoms with Crippen LogP contribution < -0.4 is 14.8 Å². The van der Waals surface area contributed by atoms with E-state index in [0.29, 0.717) is 23.1 Å². The fourth-order valence-corrected chi connectivity index (χ4v) is 3.59. The lowest BCUT2D eigenvalue weighted by molar-refractivity contribution is -0.115. The zero-order valence-corrected chi connectivity index (χ0v) is 19.9. The van der Waals surface area contributed by atoms with Crippen molar-refractivity contribution in [2.24, 2.45) is 0 Å². The number of nitrogens with one attached hydrogen (secondary N) is 1. The number of nitrogens with zero attached hydrogens (tertiary/aromatic N) is 4. The highest BCUT2D eigenvalue weighted by molar-refractivity contribution is 5.92. The van der Waals surface area contributed by atoms with Crippen molar-refractivity contribution in [3.63, 3.8) is 0 Å². The predicted molar refractivity (Wildman–Crippen MR) is 130 cm³/mol. The predicted octanol–water partition coefficient (Wildman–Crippen LogP) is 4.88. The fourth-order valence-electron chi connectivity index (χ4n) is 3.59. The van der Waals surface area contributed by atoms with Crippen molar-refractivity contribution in [3.05, 3.63) is 82.7 Å². The molecule has 2 aromatic carbocycles. The van der Waals surface area contributed by atoms with E-state index in [0.717, 1.165) is 33.8 Å². The Balaban J connectivity index is 1.35. The molecule has 0 aliphatic heterocycles. The molecular weight excluding hydrogens is 430 g/mol. The zero-order chi connectivity index (χ0) is 24.2. The second-order valence-corrected chi connectivity index (χ2v) is 8.09. The van der Waals surface area contributed by atoms with E-state index in [1.807, 2.05) is 52.0 Å². The SMILES string of the molecule is COc1ccc(CC(=O)Nc2ccc(Oc3ccc(-n4nc(C)c(C)c4C)nn3)cc2)cc1C. The largest absolute Gasteiger partial charge is 0.496 e. The first-order chi connectivity index (χ1) is 16.3. The van der Waals surface area contributed by atoms with Crippen LogP contribution in [0.2, 0.25) is 0 Å². The number of aromatic nitrogens is 4. The summed E-state index contributed by atoms with van der Waals surface area (Å²) in [5.41, 5.74) is 5.73. The van der Waals surface area contributed by atoms with Crippen molar-refractivity contribution in [2.45, 2.75) is 34.1 Å². The summed E-state index contributed by atoms with van der Waals surface area (Å²) in [5.74, 6) is 2.30. The highest BCUT2D eigenvalue weighted by Crippen LogP contribution is 2.23. The van der Waals surface area contributed by atoms with Crippen molar-refractivity contribution in [1.82, 2.24) is 20.0 Å². The Morgan fingerprint density at radius 1 is 0.971 bits per heavy atom. The van der Waals surface area contributed by atoms with Crippen molar-refractivity contribution >= 4 is 11.6 Å². The third-order valence-corrected chi connectivity index (χ3v) is 5.68. The van der Waals surface area contributed by atoms with Gasteiger partial charge < -0.3 is 14.8 Å². The van der Waals surface area contributed by atoms with E-state index in [4.69, 9.17) is 9.47 Å². The molecule has 0 aliphatic rings. The Bertz CT molecular complexity index is 1310. The molecule has 34 heavy (non-hydrogen) atoms. The molecule has 0 unspecified atom stereocenters. The minimum absolute atomic E-state index is 0.0981. The van der Waals surface area contributed by atoms with Crippen molar-refractivity contribution in [1.29, 1.82) is 0 Å². The summed E-state index contributed by atoms with van der Waals surface area (Å²) in [4.78, 5) is 12.4. The van der Waals surface area contributed by atoms with E-state index >= 15 is 0 Å². The van der Waals surface area contributed by atoms with Crippen LogP contribution in [0.3, 0.4) is 0 Å². The molecule has 1 amide bonds. The molecule has 0 saturated carbocycles. The maximum atomic E-state index is 12.4. The number of aryl methyl sites for hydroxylation is 2. The normalized spacial score (nSPS) is 10.7. The number of carbonyl (C=O) groups is 1. The van der Waals surface area contributed by atoms with E-state index < -0.39 is 0 Å². The standard InChI is InChI=1S/C26H27N5O3/c1-16-14-20(6-11-23(16)33-5)15-25(32)27-21-7-9-22(10-8-21)34-26-13-12-24(28-29-26)31-19(4)17(2)18(3)30-31/h6-14H,15H2,1-5H3,(H,27,32). The van der Waals surface area contributed by atoms with Gasteiger partial charge in [0.2, 0.25) is 11.8 Å². The first-order valence-corrected chi connectivity index (χ1v) is 10.9. The van der Waals surface area contributed by atoms with Crippen molar-refractivity contribution in [2.75, 3.05) is 12.4 Å². The van der Waals surface area contributed by atoms with Crippen LogP contribution in [-0.2, 0) is 11.2 Å². The Hall–Kier alpha value is -4.20.